The first kappa shape index (κ1) is 14.1. The molecule has 0 atom stereocenters. The van der Waals surface area contributed by atoms with Gasteiger partial charge in [-0.25, -0.2) is 9.78 Å². The molecule has 20 heavy (non-hydrogen) atoms. The molecule has 1 fully saturated rings. The van der Waals surface area contributed by atoms with E-state index < -0.39 is 5.97 Å². The number of anilines is 2. The number of rotatable bonds is 3. The van der Waals surface area contributed by atoms with E-state index in [0.717, 1.165) is 12.8 Å². The number of pyridine rings is 1. The predicted molar refractivity (Wildman–Crippen MR) is 74.7 cm³/mol. The predicted octanol–water partition coefficient (Wildman–Crippen LogP) is 0.467. The Morgan fingerprint density at radius 1 is 1.45 bits per heavy atom. The van der Waals surface area contributed by atoms with Crippen LogP contribution in [0.3, 0.4) is 0 Å². The summed E-state index contributed by atoms with van der Waals surface area (Å²) < 4.78 is 0. The summed E-state index contributed by atoms with van der Waals surface area (Å²) in [7, 11) is 0. The van der Waals surface area contributed by atoms with Gasteiger partial charge in [0.25, 0.3) is 0 Å². The van der Waals surface area contributed by atoms with Gasteiger partial charge in [-0.3, -0.25) is 4.79 Å². The van der Waals surface area contributed by atoms with Crippen LogP contribution in [-0.4, -0.2) is 41.1 Å². The van der Waals surface area contributed by atoms with Crippen LogP contribution in [0, 0.1) is 0 Å². The molecular weight excluding hydrogens is 260 g/mol. The molecule has 1 amide bonds. The summed E-state index contributed by atoms with van der Waals surface area (Å²) >= 11 is 0. The number of nitrogen functional groups attached to an aromatic ring is 1. The lowest BCUT2D eigenvalue weighted by Crippen LogP contribution is -2.44. The standard InChI is InChI=1S/C13H18N4O3/c1-8(18)16-10-2-4-17(5-3-10)12-11(13(19)20)6-9(14)7-15-12/h6-7,10H,2-5,14H2,1H3,(H,16,18)(H,19,20). The minimum Gasteiger partial charge on any atom is -0.478 e. The minimum absolute atomic E-state index is 0.0414. The number of carboxylic acids is 1. The molecule has 2 rings (SSSR count). The van der Waals surface area contributed by atoms with E-state index in [1.54, 1.807) is 0 Å². The van der Waals surface area contributed by atoms with Crippen LogP contribution in [0.25, 0.3) is 0 Å². The Hall–Kier alpha value is -2.31. The summed E-state index contributed by atoms with van der Waals surface area (Å²) in [6, 6.07) is 1.57. The van der Waals surface area contributed by atoms with E-state index in [-0.39, 0.29) is 17.5 Å². The highest BCUT2D eigenvalue weighted by Gasteiger charge is 2.24. The average molecular weight is 278 g/mol. The van der Waals surface area contributed by atoms with Crippen molar-refractivity contribution in [3.63, 3.8) is 0 Å². The van der Waals surface area contributed by atoms with Gasteiger partial charge in [-0.15, -0.1) is 0 Å². The molecule has 0 saturated carbocycles. The Balaban J connectivity index is 2.11. The van der Waals surface area contributed by atoms with Gasteiger partial charge in [0.2, 0.25) is 5.91 Å². The molecule has 1 aliphatic rings. The van der Waals surface area contributed by atoms with Crippen LogP contribution in [0.15, 0.2) is 12.3 Å². The zero-order valence-corrected chi connectivity index (χ0v) is 11.3. The Labute approximate surface area is 116 Å². The summed E-state index contributed by atoms with van der Waals surface area (Å²) in [5.74, 6) is -0.642. The van der Waals surface area contributed by atoms with E-state index in [4.69, 9.17) is 5.73 Å². The summed E-state index contributed by atoms with van der Waals surface area (Å²) in [6.45, 7) is 2.81. The van der Waals surface area contributed by atoms with Crippen molar-refractivity contribution in [2.75, 3.05) is 23.7 Å². The smallest absolute Gasteiger partial charge is 0.339 e. The van der Waals surface area contributed by atoms with Gasteiger partial charge in [0.1, 0.15) is 11.4 Å². The van der Waals surface area contributed by atoms with Crippen LogP contribution < -0.4 is 16.0 Å². The van der Waals surface area contributed by atoms with E-state index in [0.29, 0.717) is 24.6 Å². The fourth-order valence-electron chi connectivity index (χ4n) is 2.41. The number of nitrogens with two attached hydrogens (primary N) is 1. The SMILES string of the molecule is CC(=O)NC1CCN(c2ncc(N)cc2C(=O)O)CC1. The molecule has 0 aromatic carbocycles. The van der Waals surface area contributed by atoms with Gasteiger partial charge in [-0.2, -0.15) is 0 Å². The summed E-state index contributed by atoms with van der Waals surface area (Å²) in [5.41, 5.74) is 6.03. The van der Waals surface area contributed by atoms with Crippen LogP contribution in [0.2, 0.25) is 0 Å². The zero-order chi connectivity index (χ0) is 14.7. The molecule has 4 N–H and O–H groups in total. The third-order valence-electron chi connectivity index (χ3n) is 3.32. The van der Waals surface area contributed by atoms with Crippen molar-refractivity contribution in [2.45, 2.75) is 25.8 Å². The molecule has 0 spiro atoms. The van der Waals surface area contributed by atoms with Crippen LogP contribution in [0.4, 0.5) is 11.5 Å². The zero-order valence-electron chi connectivity index (χ0n) is 11.3. The van der Waals surface area contributed by atoms with Crippen LogP contribution in [0.5, 0.6) is 0 Å². The number of hydrogen-bond donors (Lipinski definition) is 3. The normalized spacial score (nSPS) is 15.9. The Morgan fingerprint density at radius 3 is 2.65 bits per heavy atom. The summed E-state index contributed by atoms with van der Waals surface area (Å²) in [4.78, 5) is 28.3. The van der Waals surface area contributed by atoms with Crippen LogP contribution in [-0.2, 0) is 4.79 Å². The summed E-state index contributed by atoms with van der Waals surface area (Å²) in [5, 5.41) is 12.1. The number of piperidine rings is 1. The van der Waals surface area contributed by atoms with Crippen molar-refractivity contribution < 1.29 is 14.7 Å². The van der Waals surface area contributed by atoms with Crippen molar-refractivity contribution in [3.8, 4) is 0 Å². The molecule has 0 aliphatic carbocycles. The number of nitrogens with one attached hydrogen (secondary N) is 1. The van der Waals surface area contributed by atoms with Crippen LogP contribution >= 0.6 is 0 Å². The van der Waals surface area contributed by atoms with E-state index >= 15 is 0 Å². The van der Waals surface area contributed by atoms with Gasteiger partial charge in [0.05, 0.1) is 11.9 Å². The molecular formula is C13H18N4O3. The number of amides is 1. The second kappa shape index (κ2) is 5.77. The molecule has 7 heteroatoms. The van der Waals surface area contributed by atoms with Gasteiger partial charge in [0, 0.05) is 26.1 Å². The number of carboxylic acid groups (broad SMARTS) is 1. The maximum absolute atomic E-state index is 11.2. The highest BCUT2D eigenvalue weighted by molar-refractivity contribution is 5.94. The van der Waals surface area contributed by atoms with Crippen molar-refractivity contribution in [3.05, 3.63) is 17.8 Å². The van der Waals surface area contributed by atoms with E-state index in [1.165, 1.54) is 19.2 Å². The highest BCUT2D eigenvalue weighted by atomic mass is 16.4. The first-order valence-electron chi connectivity index (χ1n) is 6.48. The molecule has 0 radical (unpaired) electrons. The third-order valence-corrected chi connectivity index (χ3v) is 3.32. The topological polar surface area (TPSA) is 109 Å². The second-order valence-corrected chi connectivity index (χ2v) is 4.91. The molecule has 1 saturated heterocycles. The van der Waals surface area contributed by atoms with E-state index in [2.05, 4.69) is 10.3 Å². The molecule has 2 heterocycles. The maximum atomic E-state index is 11.2. The number of carbonyl (C=O) groups excluding carboxylic acids is 1. The minimum atomic E-state index is -1.04. The molecule has 0 unspecified atom stereocenters. The lowest BCUT2D eigenvalue weighted by Gasteiger charge is -2.33. The van der Waals surface area contributed by atoms with E-state index in [9.17, 15) is 14.7 Å². The summed E-state index contributed by atoms with van der Waals surface area (Å²) in [6.07, 6.45) is 3.00. The van der Waals surface area contributed by atoms with E-state index in [1.807, 2.05) is 4.90 Å². The molecule has 108 valence electrons. The second-order valence-electron chi connectivity index (χ2n) is 4.91. The van der Waals surface area contributed by atoms with Crippen molar-refractivity contribution in [2.24, 2.45) is 0 Å². The van der Waals surface area contributed by atoms with Gasteiger partial charge in [-0.05, 0) is 18.9 Å². The fraction of sp³-hybridized carbons (Fsp3) is 0.462. The largest absolute Gasteiger partial charge is 0.478 e. The van der Waals surface area contributed by atoms with Crippen molar-refractivity contribution in [1.29, 1.82) is 0 Å². The van der Waals surface area contributed by atoms with Crippen LogP contribution in [0.1, 0.15) is 30.1 Å². The number of hydrogen-bond acceptors (Lipinski definition) is 5. The number of aromatic carboxylic acids is 1. The third kappa shape index (κ3) is 3.17. The average Bonchev–Trinajstić information content (AvgIpc) is 2.39. The fourth-order valence-corrected chi connectivity index (χ4v) is 2.41. The number of nitrogens with zero attached hydrogens (tertiary/aromatic N) is 2. The number of carbonyl (C=O) groups is 2. The van der Waals surface area contributed by atoms with Crippen molar-refractivity contribution >= 4 is 23.4 Å². The van der Waals surface area contributed by atoms with Gasteiger partial charge in [0.15, 0.2) is 0 Å². The molecule has 1 aromatic heterocycles. The monoisotopic (exact) mass is 278 g/mol. The van der Waals surface area contributed by atoms with Gasteiger partial charge >= 0.3 is 5.97 Å². The molecule has 1 aliphatic heterocycles. The number of aromatic nitrogens is 1. The molecule has 7 nitrogen and oxygen atoms in total. The maximum Gasteiger partial charge on any atom is 0.339 e. The Morgan fingerprint density at radius 2 is 2.10 bits per heavy atom. The van der Waals surface area contributed by atoms with Crippen molar-refractivity contribution in [1.82, 2.24) is 10.3 Å². The molecule has 0 bridgehead atoms. The first-order valence-corrected chi connectivity index (χ1v) is 6.48. The Bertz CT molecular complexity index is 524. The highest BCUT2D eigenvalue weighted by Crippen LogP contribution is 2.23. The lowest BCUT2D eigenvalue weighted by molar-refractivity contribution is -0.119. The van der Waals surface area contributed by atoms with Gasteiger partial charge < -0.3 is 21.1 Å². The quantitative estimate of drug-likeness (QED) is 0.741. The Kier molecular flexibility index (Phi) is 4.07. The van der Waals surface area contributed by atoms with Gasteiger partial charge in [-0.1, -0.05) is 0 Å². The lowest BCUT2D eigenvalue weighted by atomic mass is 10.0. The first-order chi connectivity index (χ1) is 9.47. The molecule has 1 aromatic rings.